The maximum atomic E-state index is 9.22. The molecule has 0 radical (unpaired) electrons. The SMILES string of the molecule is Cc1cc(-c2cc(C(C)C)ccc2C)nc(CO)n1. The number of aliphatic hydroxyl groups excluding tert-OH is 1. The van der Waals surface area contributed by atoms with Gasteiger partial charge in [0.2, 0.25) is 0 Å². The van der Waals surface area contributed by atoms with E-state index in [1.54, 1.807) is 0 Å². The first kappa shape index (κ1) is 13.7. The fourth-order valence-electron chi connectivity index (χ4n) is 2.11. The fourth-order valence-corrected chi connectivity index (χ4v) is 2.11. The monoisotopic (exact) mass is 256 g/mol. The quantitative estimate of drug-likeness (QED) is 0.915. The number of nitrogens with zero attached hydrogens (tertiary/aromatic N) is 2. The van der Waals surface area contributed by atoms with Gasteiger partial charge in [-0.15, -0.1) is 0 Å². The molecule has 3 nitrogen and oxygen atoms in total. The normalized spacial score (nSPS) is 11.1. The molecular formula is C16H20N2O. The molecule has 19 heavy (non-hydrogen) atoms. The average Bonchev–Trinajstić information content (AvgIpc) is 2.38. The van der Waals surface area contributed by atoms with E-state index >= 15 is 0 Å². The molecule has 0 amide bonds. The number of benzene rings is 1. The molecule has 0 aliphatic carbocycles. The van der Waals surface area contributed by atoms with Gasteiger partial charge in [-0.2, -0.15) is 0 Å². The van der Waals surface area contributed by atoms with Gasteiger partial charge in [0, 0.05) is 11.3 Å². The second-order valence-electron chi connectivity index (χ2n) is 5.20. The lowest BCUT2D eigenvalue weighted by Crippen LogP contribution is -2.00. The Balaban J connectivity index is 2.57. The van der Waals surface area contributed by atoms with Gasteiger partial charge in [0.1, 0.15) is 6.61 Å². The third-order valence-electron chi connectivity index (χ3n) is 3.25. The Morgan fingerprint density at radius 2 is 1.84 bits per heavy atom. The molecule has 0 saturated heterocycles. The predicted octanol–water partition coefficient (Wildman–Crippen LogP) is 3.38. The molecule has 1 heterocycles. The molecule has 2 aromatic rings. The van der Waals surface area contributed by atoms with Gasteiger partial charge in [-0.25, -0.2) is 9.97 Å². The van der Waals surface area contributed by atoms with Gasteiger partial charge >= 0.3 is 0 Å². The fraction of sp³-hybridized carbons (Fsp3) is 0.375. The van der Waals surface area contributed by atoms with Gasteiger partial charge < -0.3 is 5.11 Å². The van der Waals surface area contributed by atoms with Crippen molar-refractivity contribution in [1.29, 1.82) is 0 Å². The van der Waals surface area contributed by atoms with Gasteiger partial charge in [0.15, 0.2) is 5.82 Å². The van der Waals surface area contributed by atoms with E-state index in [4.69, 9.17) is 0 Å². The highest BCUT2D eigenvalue weighted by Crippen LogP contribution is 2.26. The van der Waals surface area contributed by atoms with Gasteiger partial charge in [-0.3, -0.25) is 0 Å². The van der Waals surface area contributed by atoms with E-state index < -0.39 is 0 Å². The van der Waals surface area contributed by atoms with Gasteiger partial charge in [-0.05, 0) is 43.0 Å². The molecule has 0 saturated carbocycles. The number of aliphatic hydroxyl groups is 1. The van der Waals surface area contributed by atoms with E-state index in [0.29, 0.717) is 11.7 Å². The number of aromatic nitrogens is 2. The molecule has 0 aliphatic rings. The molecule has 0 fully saturated rings. The molecule has 1 aromatic carbocycles. The summed E-state index contributed by atoms with van der Waals surface area (Å²) in [5.41, 5.74) is 5.36. The van der Waals surface area contributed by atoms with Crippen LogP contribution in [0.25, 0.3) is 11.3 Å². The first-order valence-electron chi connectivity index (χ1n) is 6.57. The van der Waals surface area contributed by atoms with Crippen molar-refractivity contribution < 1.29 is 5.11 Å². The third-order valence-corrected chi connectivity index (χ3v) is 3.25. The number of hydrogen-bond acceptors (Lipinski definition) is 3. The molecule has 0 unspecified atom stereocenters. The average molecular weight is 256 g/mol. The summed E-state index contributed by atoms with van der Waals surface area (Å²) < 4.78 is 0. The number of aryl methyl sites for hydroxylation is 2. The number of rotatable bonds is 3. The third kappa shape index (κ3) is 2.99. The van der Waals surface area contributed by atoms with Crippen LogP contribution >= 0.6 is 0 Å². The minimum Gasteiger partial charge on any atom is -0.388 e. The predicted molar refractivity (Wildman–Crippen MR) is 77.0 cm³/mol. The highest BCUT2D eigenvalue weighted by atomic mass is 16.3. The van der Waals surface area contributed by atoms with Crippen molar-refractivity contribution in [3.8, 4) is 11.3 Å². The van der Waals surface area contributed by atoms with Crippen molar-refractivity contribution in [3.05, 3.63) is 46.9 Å². The first-order chi connectivity index (χ1) is 9.01. The molecule has 0 atom stereocenters. The number of hydrogen-bond donors (Lipinski definition) is 1. The van der Waals surface area contributed by atoms with Crippen molar-refractivity contribution in [1.82, 2.24) is 9.97 Å². The summed E-state index contributed by atoms with van der Waals surface area (Å²) in [7, 11) is 0. The van der Waals surface area contributed by atoms with Crippen molar-refractivity contribution in [2.45, 2.75) is 40.2 Å². The second kappa shape index (κ2) is 5.49. The van der Waals surface area contributed by atoms with E-state index in [2.05, 4.69) is 48.9 Å². The zero-order valence-corrected chi connectivity index (χ0v) is 11.9. The second-order valence-corrected chi connectivity index (χ2v) is 5.20. The van der Waals surface area contributed by atoms with Crippen molar-refractivity contribution in [2.75, 3.05) is 0 Å². The van der Waals surface area contributed by atoms with Crippen LogP contribution in [-0.4, -0.2) is 15.1 Å². The Morgan fingerprint density at radius 3 is 2.47 bits per heavy atom. The summed E-state index contributed by atoms with van der Waals surface area (Å²) in [4.78, 5) is 8.63. The Morgan fingerprint density at radius 1 is 1.11 bits per heavy atom. The van der Waals surface area contributed by atoms with E-state index in [9.17, 15) is 5.11 Å². The van der Waals surface area contributed by atoms with E-state index in [0.717, 1.165) is 17.0 Å². The van der Waals surface area contributed by atoms with Gasteiger partial charge in [-0.1, -0.05) is 26.0 Å². The summed E-state index contributed by atoms with van der Waals surface area (Å²) in [6, 6.07) is 8.43. The summed E-state index contributed by atoms with van der Waals surface area (Å²) in [6.45, 7) is 8.23. The lowest BCUT2D eigenvalue weighted by molar-refractivity contribution is 0.271. The van der Waals surface area contributed by atoms with Crippen LogP contribution in [0.3, 0.4) is 0 Å². The van der Waals surface area contributed by atoms with Crippen LogP contribution in [0, 0.1) is 13.8 Å². The van der Waals surface area contributed by atoms with E-state index in [1.807, 2.05) is 13.0 Å². The Hall–Kier alpha value is -1.74. The van der Waals surface area contributed by atoms with Crippen LogP contribution in [0.4, 0.5) is 0 Å². The van der Waals surface area contributed by atoms with Crippen LogP contribution < -0.4 is 0 Å². The maximum Gasteiger partial charge on any atom is 0.154 e. The Bertz CT molecular complexity index is 591. The standard InChI is InChI=1S/C16H20N2O/c1-10(2)13-6-5-11(3)14(8-13)15-7-12(4)17-16(9-19)18-15/h5-8,10,19H,9H2,1-4H3. The highest BCUT2D eigenvalue weighted by Gasteiger charge is 2.09. The van der Waals surface area contributed by atoms with Crippen LogP contribution in [0.5, 0.6) is 0 Å². The molecule has 3 heteroatoms. The van der Waals surface area contributed by atoms with Crippen LogP contribution in [0.1, 0.15) is 42.4 Å². The molecule has 100 valence electrons. The van der Waals surface area contributed by atoms with Crippen LogP contribution in [-0.2, 0) is 6.61 Å². The van der Waals surface area contributed by atoms with Crippen LogP contribution in [0.2, 0.25) is 0 Å². The molecule has 2 rings (SSSR count). The molecule has 1 aromatic heterocycles. The Labute approximate surface area is 114 Å². The largest absolute Gasteiger partial charge is 0.388 e. The maximum absolute atomic E-state index is 9.22. The Kier molecular flexibility index (Phi) is 3.96. The van der Waals surface area contributed by atoms with Crippen molar-refractivity contribution in [2.24, 2.45) is 0 Å². The van der Waals surface area contributed by atoms with Crippen LogP contribution in [0.15, 0.2) is 24.3 Å². The lowest BCUT2D eigenvalue weighted by Gasteiger charge is -2.12. The molecular weight excluding hydrogens is 236 g/mol. The van der Waals surface area contributed by atoms with Gasteiger partial charge in [0.25, 0.3) is 0 Å². The summed E-state index contributed by atoms with van der Waals surface area (Å²) in [6.07, 6.45) is 0. The highest BCUT2D eigenvalue weighted by molar-refractivity contribution is 5.64. The summed E-state index contributed by atoms with van der Waals surface area (Å²) >= 11 is 0. The van der Waals surface area contributed by atoms with Crippen molar-refractivity contribution in [3.63, 3.8) is 0 Å². The zero-order chi connectivity index (χ0) is 14.0. The molecule has 0 bridgehead atoms. The van der Waals surface area contributed by atoms with E-state index in [-0.39, 0.29) is 6.61 Å². The van der Waals surface area contributed by atoms with E-state index in [1.165, 1.54) is 11.1 Å². The zero-order valence-electron chi connectivity index (χ0n) is 11.9. The minimum atomic E-state index is -0.127. The molecule has 1 N–H and O–H groups in total. The summed E-state index contributed by atoms with van der Waals surface area (Å²) in [5.74, 6) is 0.962. The molecule has 0 spiro atoms. The van der Waals surface area contributed by atoms with Crippen molar-refractivity contribution >= 4 is 0 Å². The smallest absolute Gasteiger partial charge is 0.154 e. The topological polar surface area (TPSA) is 46.0 Å². The molecule has 0 aliphatic heterocycles. The minimum absolute atomic E-state index is 0.127. The summed E-state index contributed by atoms with van der Waals surface area (Å²) in [5, 5.41) is 9.22. The first-order valence-corrected chi connectivity index (χ1v) is 6.57. The van der Waals surface area contributed by atoms with Gasteiger partial charge in [0.05, 0.1) is 5.69 Å². The lowest BCUT2D eigenvalue weighted by atomic mass is 9.96.